The number of alkyl halides is 3. The number of likely N-dealkylation sites (tertiary alicyclic amines) is 1. The van der Waals surface area contributed by atoms with Crippen molar-refractivity contribution in [2.75, 3.05) is 13.1 Å². The van der Waals surface area contributed by atoms with Crippen LogP contribution < -0.4 is 0 Å². The van der Waals surface area contributed by atoms with E-state index in [0.29, 0.717) is 19.0 Å². The molecule has 1 aliphatic rings. The number of nitrogens with zero attached hydrogens (tertiary/aromatic N) is 1. The lowest BCUT2D eigenvalue weighted by molar-refractivity contribution is -0.138. The van der Waals surface area contributed by atoms with Gasteiger partial charge in [0.1, 0.15) is 0 Å². The summed E-state index contributed by atoms with van der Waals surface area (Å²) in [7, 11) is 0. The van der Waals surface area contributed by atoms with Gasteiger partial charge < -0.3 is 4.90 Å². The van der Waals surface area contributed by atoms with Crippen molar-refractivity contribution < 1.29 is 18.0 Å². The predicted octanol–water partition coefficient (Wildman–Crippen LogP) is 4.34. The van der Waals surface area contributed by atoms with Crippen LogP contribution >= 0.6 is 15.9 Å². The highest BCUT2D eigenvalue weighted by Gasteiger charge is 2.34. The van der Waals surface area contributed by atoms with Crippen molar-refractivity contribution in [2.45, 2.75) is 25.9 Å². The molecule has 0 radical (unpaired) electrons. The van der Waals surface area contributed by atoms with E-state index in [0.717, 1.165) is 18.9 Å². The van der Waals surface area contributed by atoms with Crippen LogP contribution in [0.1, 0.15) is 35.7 Å². The largest absolute Gasteiger partial charge is 0.417 e. The molecular weight excluding hydrogens is 335 g/mol. The SMILES string of the molecule is CC1CCN(C(=O)c2ccc(Br)c(C(F)(F)F)c2)CC1. The van der Waals surface area contributed by atoms with Gasteiger partial charge in [-0.15, -0.1) is 0 Å². The van der Waals surface area contributed by atoms with Crippen LogP contribution in [0, 0.1) is 5.92 Å². The summed E-state index contributed by atoms with van der Waals surface area (Å²) in [5.41, 5.74) is -0.719. The Labute approximate surface area is 124 Å². The van der Waals surface area contributed by atoms with Gasteiger partial charge in [0.05, 0.1) is 5.56 Å². The van der Waals surface area contributed by atoms with Gasteiger partial charge in [-0.3, -0.25) is 4.79 Å². The molecule has 1 saturated heterocycles. The third kappa shape index (κ3) is 3.34. The van der Waals surface area contributed by atoms with Crippen molar-refractivity contribution in [2.24, 2.45) is 5.92 Å². The fourth-order valence-corrected chi connectivity index (χ4v) is 2.74. The minimum atomic E-state index is -4.47. The summed E-state index contributed by atoms with van der Waals surface area (Å²) in [5.74, 6) is 0.240. The van der Waals surface area contributed by atoms with E-state index in [4.69, 9.17) is 0 Å². The molecule has 1 amide bonds. The van der Waals surface area contributed by atoms with Crippen LogP contribution in [0.15, 0.2) is 22.7 Å². The molecule has 110 valence electrons. The first-order valence-electron chi connectivity index (χ1n) is 6.45. The first-order valence-corrected chi connectivity index (χ1v) is 7.24. The lowest BCUT2D eigenvalue weighted by Crippen LogP contribution is -2.38. The Hall–Kier alpha value is -1.04. The summed E-state index contributed by atoms with van der Waals surface area (Å²) in [5, 5.41) is 0. The van der Waals surface area contributed by atoms with Crippen LogP contribution in [0.5, 0.6) is 0 Å². The molecule has 2 rings (SSSR count). The van der Waals surface area contributed by atoms with Gasteiger partial charge in [0.25, 0.3) is 5.91 Å². The number of piperidine rings is 1. The second kappa shape index (κ2) is 5.76. The summed E-state index contributed by atoms with van der Waals surface area (Å²) >= 11 is 2.87. The summed E-state index contributed by atoms with van der Waals surface area (Å²) < 4.78 is 38.4. The second-order valence-electron chi connectivity index (χ2n) is 5.17. The van der Waals surface area contributed by atoms with Gasteiger partial charge in [-0.1, -0.05) is 22.9 Å². The van der Waals surface area contributed by atoms with Crippen LogP contribution in [0.2, 0.25) is 0 Å². The Morgan fingerprint density at radius 2 is 1.90 bits per heavy atom. The van der Waals surface area contributed by atoms with Gasteiger partial charge in [-0.25, -0.2) is 0 Å². The molecule has 0 bridgehead atoms. The van der Waals surface area contributed by atoms with E-state index in [9.17, 15) is 18.0 Å². The zero-order valence-electron chi connectivity index (χ0n) is 11.0. The van der Waals surface area contributed by atoms with Crippen molar-refractivity contribution in [1.82, 2.24) is 4.90 Å². The van der Waals surface area contributed by atoms with E-state index in [-0.39, 0.29) is 15.9 Å². The van der Waals surface area contributed by atoms with E-state index < -0.39 is 11.7 Å². The van der Waals surface area contributed by atoms with E-state index in [1.165, 1.54) is 12.1 Å². The summed E-state index contributed by atoms with van der Waals surface area (Å²) in [6, 6.07) is 3.63. The quantitative estimate of drug-likeness (QED) is 0.738. The summed E-state index contributed by atoms with van der Waals surface area (Å²) in [6.45, 7) is 3.33. The Morgan fingerprint density at radius 3 is 2.45 bits per heavy atom. The number of carbonyl (C=O) groups is 1. The zero-order chi connectivity index (χ0) is 14.9. The van der Waals surface area contributed by atoms with Crippen LogP contribution in [0.25, 0.3) is 0 Å². The Morgan fingerprint density at radius 1 is 1.30 bits per heavy atom. The molecule has 1 aromatic rings. The fraction of sp³-hybridized carbons (Fsp3) is 0.500. The maximum atomic E-state index is 12.8. The van der Waals surface area contributed by atoms with Crippen molar-refractivity contribution in [3.05, 3.63) is 33.8 Å². The number of amides is 1. The van der Waals surface area contributed by atoms with Gasteiger partial charge >= 0.3 is 6.18 Å². The molecular formula is C14H15BrF3NO. The topological polar surface area (TPSA) is 20.3 Å². The fourth-order valence-electron chi connectivity index (χ4n) is 2.27. The Balaban J connectivity index is 2.23. The molecule has 1 heterocycles. The minimum absolute atomic E-state index is 0.0474. The average Bonchev–Trinajstić information content (AvgIpc) is 2.38. The third-order valence-corrected chi connectivity index (χ3v) is 4.28. The molecule has 1 aromatic carbocycles. The van der Waals surface area contributed by atoms with Crippen molar-refractivity contribution in [3.63, 3.8) is 0 Å². The van der Waals surface area contributed by atoms with Crippen molar-refractivity contribution in [1.29, 1.82) is 0 Å². The summed E-state index contributed by atoms with van der Waals surface area (Å²) in [4.78, 5) is 13.9. The minimum Gasteiger partial charge on any atom is -0.339 e. The van der Waals surface area contributed by atoms with Crippen molar-refractivity contribution >= 4 is 21.8 Å². The first-order chi connectivity index (χ1) is 9.29. The van der Waals surface area contributed by atoms with Crippen molar-refractivity contribution in [3.8, 4) is 0 Å². The lowest BCUT2D eigenvalue weighted by atomic mass is 9.98. The standard InChI is InChI=1S/C14H15BrF3NO/c1-9-4-6-19(7-5-9)13(20)10-2-3-12(15)11(8-10)14(16,17)18/h2-3,8-9H,4-7H2,1H3. The molecule has 0 aliphatic carbocycles. The highest BCUT2D eigenvalue weighted by atomic mass is 79.9. The molecule has 1 fully saturated rings. The number of benzene rings is 1. The van der Waals surface area contributed by atoms with Gasteiger partial charge in [-0.2, -0.15) is 13.2 Å². The molecule has 0 atom stereocenters. The molecule has 20 heavy (non-hydrogen) atoms. The van der Waals surface area contributed by atoms with E-state index in [2.05, 4.69) is 22.9 Å². The molecule has 0 aromatic heterocycles. The zero-order valence-corrected chi connectivity index (χ0v) is 12.6. The highest BCUT2D eigenvalue weighted by molar-refractivity contribution is 9.10. The molecule has 6 heteroatoms. The lowest BCUT2D eigenvalue weighted by Gasteiger charge is -2.30. The van der Waals surface area contributed by atoms with Gasteiger partial charge in [-0.05, 0) is 37.0 Å². The number of rotatable bonds is 1. The molecule has 2 nitrogen and oxygen atoms in total. The third-order valence-electron chi connectivity index (χ3n) is 3.59. The summed E-state index contributed by atoms with van der Waals surface area (Å²) in [6.07, 6.45) is -2.67. The Bertz CT molecular complexity index is 508. The maximum absolute atomic E-state index is 12.8. The van der Waals surface area contributed by atoms with Gasteiger partial charge in [0.2, 0.25) is 0 Å². The van der Waals surface area contributed by atoms with Crippen LogP contribution in [-0.2, 0) is 6.18 Å². The average molecular weight is 350 g/mol. The Kier molecular flexibility index (Phi) is 4.42. The molecule has 0 saturated carbocycles. The van der Waals surface area contributed by atoms with Gasteiger partial charge in [0, 0.05) is 23.1 Å². The normalized spacial score (nSPS) is 17.4. The highest BCUT2D eigenvalue weighted by Crippen LogP contribution is 2.35. The molecule has 0 unspecified atom stereocenters. The van der Waals surface area contributed by atoms with Crippen LogP contribution in [0.4, 0.5) is 13.2 Å². The van der Waals surface area contributed by atoms with E-state index in [1.807, 2.05) is 0 Å². The smallest absolute Gasteiger partial charge is 0.339 e. The van der Waals surface area contributed by atoms with Crippen LogP contribution in [-0.4, -0.2) is 23.9 Å². The number of hydrogen-bond acceptors (Lipinski definition) is 1. The van der Waals surface area contributed by atoms with Crippen LogP contribution in [0.3, 0.4) is 0 Å². The van der Waals surface area contributed by atoms with Gasteiger partial charge in [0.15, 0.2) is 0 Å². The van der Waals surface area contributed by atoms with E-state index >= 15 is 0 Å². The maximum Gasteiger partial charge on any atom is 0.417 e. The number of halogens is 4. The van der Waals surface area contributed by atoms with E-state index in [1.54, 1.807) is 4.90 Å². The number of carbonyl (C=O) groups excluding carboxylic acids is 1. The number of hydrogen-bond donors (Lipinski definition) is 0. The second-order valence-corrected chi connectivity index (χ2v) is 6.02. The predicted molar refractivity (Wildman–Crippen MR) is 73.4 cm³/mol. The molecule has 1 aliphatic heterocycles. The first kappa shape index (κ1) is 15.4. The monoisotopic (exact) mass is 349 g/mol. The molecule has 0 spiro atoms. The molecule has 0 N–H and O–H groups in total.